The van der Waals surface area contributed by atoms with E-state index in [2.05, 4.69) is 0 Å². The maximum absolute atomic E-state index is 12.9. The minimum absolute atomic E-state index is 0.0334. The molecule has 0 heterocycles. The molecule has 0 saturated carbocycles. The van der Waals surface area contributed by atoms with Gasteiger partial charge in [-0.25, -0.2) is 0 Å². The number of halogens is 4. The minimum atomic E-state index is -5.13. The molecule has 3 aromatic carbocycles. The van der Waals surface area contributed by atoms with Gasteiger partial charge in [-0.2, -0.15) is 8.42 Å². The quantitative estimate of drug-likeness (QED) is 0.239. The lowest BCUT2D eigenvalue weighted by Gasteiger charge is -2.33. The van der Waals surface area contributed by atoms with Gasteiger partial charge < -0.3 is 10.2 Å². The Morgan fingerprint density at radius 3 is 1.76 bits per heavy atom. The second-order valence-electron chi connectivity index (χ2n) is 6.09. The SMILES string of the molecule is O=S(=O)(O)C(c1cccc(Cl)c1)(c1cc(Cl)c(Cl)c(Cl)c1)c1c(O)cccc1O. The van der Waals surface area contributed by atoms with Gasteiger partial charge in [0.1, 0.15) is 11.5 Å². The summed E-state index contributed by atoms with van der Waals surface area (Å²) in [4.78, 5) is 0. The predicted molar refractivity (Wildman–Crippen MR) is 114 cm³/mol. The predicted octanol–water partition coefficient (Wildman–Crippen LogP) is 5.89. The summed E-state index contributed by atoms with van der Waals surface area (Å²) in [6.07, 6.45) is 0. The fraction of sp³-hybridized carbons (Fsp3) is 0.0526. The first-order chi connectivity index (χ1) is 13.5. The van der Waals surface area contributed by atoms with Gasteiger partial charge in [-0.05, 0) is 47.5 Å². The van der Waals surface area contributed by atoms with E-state index in [0.29, 0.717) is 0 Å². The fourth-order valence-electron chi connectivity index (χ4n) is 3.24. The van der Waals surface area contributed by atoms with Gasteiger partial charge in [0.2, 0.25) is 0 Å². The first-order valence-corrected chi connectivity index (χ1v) is 10.8. The lowest BCUT2D eigenvalue weighted by Crippen LogP contribution is -2.38. The molecule has 1 unspecified atom stereocenters. The minimum Gasteiger partial charge on any atom is -0.507 e. The summed E-state index contributed by atoms with van der Waals surface area (Å²) in [6, 6.07) is 11.6. The highest BCUT2D eigenvalue weighted by molar-refractivity contribution is 7.87. The van der Waals surface area contributed by atoms with Gasteiger partial charge in [0.25, 0.3) is 10.1 Å². The molecule has 0 aromatic heterocycles. The van der Waals surface area contributed by atoms with Crippen molar-refractivity contribution in [2.75, 3.05) is 0 Å². The van der Waals surface area contributed by atoms with E-state index >= 15 is 0 Å². The number of phenolic OH excluding ortho intramolecular Hbond substituents is 2. The van der Waals surface area contributed by atoms with Crippen molar-refractivity contribution in [2.45, 2.75) is 4.75 Å². The second-order valence-corrected chi connectivity index (χ2v) is 9.28. The molecule has 5 nitrogen and oxygen atoms in total. The zero-order valence-corrected chi connectivity index (χ0v) is 18.1. The van der Waals surface area contributed by atoms with Crippen molar-refractivity contribution in [1.82, 2.24) is 0 Å². The molecule has 0 amide bonds. The molecule has 0 radical (unpaired) electrons. The third-order valence-corrected chi connectivity index (χ3v) is 7.26. The summed E-state index contributed by atoms with van der Waals surface area (Å²) in [5.74, 6) is -1.19. The van der Waals surface area contributed by atoms with Crippen molar-refractivity contribution >= 4 is 56.5 Å². The topological polar surface area (TPSA) is 94.8 Å². The molecule has 3 aromatic rings. The highest BCUT2D eigenvalue weighted by Crippen LogP contribution is 2.52. The Morgan fingerprint density at radius 2 is 1.28 bits per heavy atom. The van der Waals surface area contributed by atoms with E-state index in [4.69, 9.17) is 46.4 Å². The molecule has 0 fully saturated rings. The van der Waals surface area contributed by atoms with Crippen molar-refractivity contribution in [2.24, 2.45) is 0 Å². The van der Waals surface area contributed by atoms with Crippen molar-refractivity contribution in [3.05, 3.63) is 91.4 Å². The fourth-order valence-corrected chi connectivity index (χ4v) is 5.33. The maximum atomic E-state index is 12.9. The molecule has 152 valence electrons. The van der Waals surface area contributed by atoms with Crippen molar-refractivity contribution in [1.29, 1.82) is 0 Å². The first kappa shape index (κ1) is 22.0. The zero-order chi connectivity index (χ0) is 21.6. The van der Waals surface area contributed by atoms with Crippen LogP contribution in [0.25, 0.3) is 0 Å². The normalized spacial score (nSPS) is 13.8. The lowest BCUT2D eigenvalue weighted by atomic mass is 9.83. The average molecular weight is 494 g/mol. The van der Waals surface area contributed by atoms with E-state index in [9.17, 15) is 23.2 Å². The molecule has 3 N–H and O–H groups in total. The second kappa shape index (κ2) is 7.87. The summed E-state index contributed by atoms with van der Waals surface area (Å²) in [7, 11) is -5.13. The molecule has 0 saturated heterocycles. The maximum Gasteiger partial charge on any atom is 0.283 e. The van der Waals surface area contributed by atoms with Crippen LogP contribution in [-0.4, -0.2) is 23.2 Å². The molecule has 3 rings (SSSR count). The third-order valence-electron chi connectivity index (χ3n) is 4.38. The molecule has 0 aliphatic carbocycles. The largest absolute Gasteiger partial charge is 0.507 e. The summed E-state index contributed by atoms with van der Waals surface area (Å²) >= 11 is 24.3. The zero-order valence-electron chi connectivity index (χ0n) is 14.3. The van der Waals surface area contributed by atoms with Crippen molar-refractivity contribution in [3.8, 4) is 11.5 Å². The van der Waals surface area contributed by atoms with Crippen LogP contribution in [0.2, 0.25) is 20.1 Å². The molecule has 0 aliphatic heterocycles. The van der Waals surface area contributed by atoms with Gasteiger partial charge in [-0.3, -0.25) is 4.55 Å². The van der Waals surface area contributed by atoms with Crippen LogP contribution < -0.4 is 0 Å². The van der Waals surface area contributed by atoms with Crippen LogP contribution in [0.15, 0.2) is 54.6 Å². The Kier molecular flexibility index (Phi) is 5.98. The number of benzene rings is 3. The average Bonchev–Trinajstić information content (AvgIpc) is 2.61. The van der Waals surface area contributed by atoms with E-state index in [1.54, 1.807) is 0 Å². The summed E-state index contributed by atoms with van der Waals surface area (Å²) in [5.41, 5.74) is -0.739. The van der Waals surface area contributed by atoms with E-state index in [0.717, 1.165) is 0 Å². The highest BCUT2D eigenvalue weighted by atomic mass is 35.5. The van der Waals surface area contributed by atoms with Crippen LogP contribution in [-0.2, 0) is 14.9 Å². The Morgan fingerprint density at radius 1 is 0.759 bits per heavy atom. The number of aromatic hydroxyl groups is 2. The number of rotatable bonds is 4. The summed E-state index contributed by atoms with van der Waals surface area (Å²) < 4.78 is 33.8. The smallest absolute Gasteiger partial charge is 0.283 e. The Hall–Kier alpha value is -1.67. The van der Waals surface area contributed by atoms with Crippen LogP contribution in [0, 0.1) is 0 Å². The molecule has 29 heavy (non-hydrogen) atoms. The monoisotopic (exact) mass is 492 g/mol. The van der Waals surface area contributed by atoms with E-state index in [1.807, 2.05) is 0 Å². The van der Waals surface area contributed by atoms with Gasteiger partial charge >= 0.3 is 0 Å². The molecule has 0 spiro atoms. The molecular formula is C19H12Cl4O5S. The van der Waals surface area contributed by atoms with Crippen LogP contribution in [0.4, 0.5) is 0 Å². The lowest BCUT2D eigenvalue weighted by molar-refractivity contribution is 0.416. The Labute approximate surface area is 186 Å². The van der Waals surface area contributed by atoms with Crippen LogP contribution in [0.3, 0.4) is 0 Å². The summed E-state index contributed by atoms with van der Waals surface area (Å²) in [5, 5.41) is 20.9. The molecular weight excluding hydrogens is 482 g/mol. The van der Waals surface area contributed by atoms with Gasteiger partial charge in [0, 0.05) is 5.02 Å². The Balaban J connectivity index is 2.63. The van der Waals surface area contributed by atoms with E-state index < -0.39 is 31.9 Å². The van der Waals surface area contributed by atoms with Gasteiger partial charge in [0.15, 0.2) is 4.75 Å². The van der Waals surface area contributed by atoms with Gasteiger partial charge in [0.05, 0.1) is 20.6 Å². The molecule has 1 atom stereocenters. The third kappa shape index (κ3) is 3.65. The Bertz CT molecular complexity index is 1170. The van der Waals surface area contributed by atoms with Gasteiger partial charge in [-0.1, -0.05) is 64.6 Å². The van der Waals surface area contributed by atoms with E-state index in [-0.39, 0.29) is 31.2 Å². The summed E-state index contributed by atoms with van der Waals surface area (Å²) in [6.45, 7) is 0. The van der Waals surface area contributed by atoms with Crippen molar-refractivity contribution < 1.29 is 23.2 Å². The van der Waals surface area contributed by atoms with Crippen molar-refractivity contribution in [3.63, 3.8) is 0 Å². The highest BCUT2D eigenvalue weighted by Gasteiger charge is 2.52. The van der Waals surface area contributed by atoms with Crippen LogP contribution >= 0.6 is 46.4 Å². The molecule has 10 heteroatoms. The van der Waals surface area contributed by atoms with E-state index in [1.165, 1.54) is 54.6 Å². The van der Waals surface area contributed by atoms with Crippen LogP contribution in [0.5, 0.6) is 11.5 Å². The van der Waals surface area contributed by atoms with Crippen LogP contribution in [0.1, 0.15) is 16.7 Å². The standard InChI is InChI=1S/C19H12Cl4O5S/c20-12-4-1-3-10(7-12)19(29(26,27)28,17-15(24)5-2-6-16(17)25)11-8-13(21)18(23)14(22)9-11/h1-9,24-25H,(H,26,27,28). The number of hydrogen-bond acceptors (Lipinski definition) is 4. The number of phenols is 2. The molecule has 0 aliphatic rings. The molecule has 0 bridgehead atoms. The number of hydrogen-bond donors (Lipinski definition) is 3. The van der Waals surface area contributed by atoms with Gasteiger partial charge in [-0.15, -0.1) is 0 Å². The first-order valence-electron chi connectivity index (χ1n) is 7.89.